The number of halogens is 1. The maximum Gasteiger partial charge on any atom is 0.494 e. The summed E-state index contributed by atoms with van der Waals surface area (Å²) in [5, 5.41) is 1.76. The molecule has 44 heavy (non-hydrogen) atoms. The van der Waals surface area contributed by atoms with Crippen LogP contribution in [-0.2, 0) is 25.0 Å². The Bertz CT molecular complexity index is 1650. The van der Waals surface area contributed by atoms with Crippen LogP contribution in [0, 0.1) is 0 Å². The van der Waals surface area contributed by atoms with Gasteiger partial charge in [0.1, 0.15) is 0 Å². The minimum atomic E-state index is -0.456. The lowest BCUT2D eigenvalue weighted by Gasteiger charge is -2.32. The standard InChI is InChI=1S/C36H44B2ClNO4/c1-11-13-23(12-2)14-17-27-21-24-20-25(37-41-33(3,4)34(5,6)42-37)15-18-28(24)32-31(39)29-22-26(16-19-30(29)40(27)32)38-43-35(7,8)36(9,10)44-38/h11-13,15-16,18-20,22,27H,1-2,14,17,21H2,3-10H3/b23-13+. The van der Waals surface area contributed by atoms with Crippen molar-refractivity contribution in [2.24, 2.45) is 0 Å². The Labute approximate surface area is 268 Å². The van der Waals surface area contributed by atoms with E-state index in [2.05, 4.69) is 110 Å². The van der Waals surface area contributed by atoms with E-state index in [9.17, 15) is 0 Å². The predicted octanol–water partition coefficient (Wildman–Crippen LogP) is 7.74. The average molecular weight is 612 g/mol. The van der Waals surface area contributed by atoms with Crippen molar-refractivity contribution in [3.8, 4) is 11.3 Å². The Balaban J connectivity index is 1.44. The third kappa shape index (κ3) is 5.05. The third-order valence-corrected chi connectivity index (χ3v) is 11.0. The van der Waals surface area contributed by atoms with Crippen LogP contribution in [-0.4, -0.2) is 41.2 Å². The average Bonchev–Trinajstić information content (AvgIpc) is 3.46. The SMILES string of the molecule is C=C/C=C(\C=C)CCC1Cc2cc(B3OC(C)(C)C(C)(C)O3)ccc2-c2c(Cl)c3cc(B4OC(C)(C)C(C)(C)O4)ccc3n21. The summed E-state index contributed by atoms with van der Waals surface area (Å²) in [6.45, 7) is 24.6. The normalized spacial score (nSPS) is 23.1. The molecule has 0 amide bonds. The molecule has 1 atom stereocenters. The molecule has 0 bridgehead atoms. The fourth-order valence-corrected chi connectivity index (χ4v) is 6.84. The Morgan fingerprint density at radius 3 is 1.95 bits per heavy atom. The van der Waals surface area contributed by atoms with Gasteiger partial charge >= 0.3 is 14.2 Å². The van der Waals surface area contributed by atoms with Gasteiger partial charge < -0.3 is 23.2 Å². The molecule has 0 aliphatic carbocycles. The van der Waals surface area contributed by atoms with Crippen LogP contribution in [0.2, 0.25) is 5.02 Å². The molecule has 230 valence electrons. The molecule has 1 aromatic heterocycles. The van der Waals surface area contributed by atoms with Crippen molar-refractivity contribution in [2.45, 2.75) is 103 Å². The molecule has 0 N–H and O–H groups in total. The number of fused-ring (bicyclic) bond motifs is 5. The molecule has 3 aliphatic rings. The molecule has 0 spiro atoms. The number of aromatic nitrogens is 1. The zero-order chi connectivity index (χ0) is 31.8. The van der Waals surface area contributed by atoms with Crippen molar-refractivity contribution in [3.05, 3.63) is 83.9 Å². The van der Waals surface area contributed by atoms with E-state index < -0.39 is 36.6 Å². The van der Waals surface area contributed by atoms with Gasteiger partial charge in [-0.3, -0.25) is 0 Å². The van der Waals surface area contributed by atoms with Crippen molar-refractivity contribution in [1.82, 2.24) is 4.57 Å². The topological polar surface area (TPSA) is 41.9 Å². The molecule has 3 aliphatic heterocycles. The second-order valence-corrected chi connectivity index (χ2v) is 14.9. The van der Waals surface area contributed by atoms with Crippen LogP contribution in [0.4, 0.5) is 0 Å². The maximum absolute atomic E-state index is 7.35. The molecule has 6 rings (SSSR count). The summed E-state index contributed by atoms with van der Waals surface area (Å²) in [6.07, 6.45) is 8.47. The molecule has 3 aromatic rings. The van der Waals surface area contributed by atoms with Gasteiger partial charge in [-0.15, -0.1) is 0 Å². The van der Waals surface area contributed by atoms with E-state index >= 15 is 0 Å². The first kappa shape index (κ1) is 31.4. The molecule has 0 radical (unpaired) electrons. The lowest BCUT2D eigenvalue weighted by molar-refractivity contribution is 0.00578. The number of hydrogen-bond acceptors (Lipinski definition) is 4. The zero-order valence-electron chi connectivity index (χ0n) is 27.4. The van der Waals surface area contributed by atoms with Crippen LogP contribution < -0.4 is 10.9 Å². The molecule has 1 unspecified atom stereocenters. The van der Waals surface area contributed by atoms with E-state index in [1.165, 1.54) is 11.1 Å². The minimum absolute atomic E-state index is 0.192. The van der Waals surface area contributed by atoms with Gasteiger partial charge in [0.15, 0.2) is 0 Å². The summed E-state index contributed by atoms with van der Waals surface area (Å²) in [5.41, 5.74) is 6.08. The number of benzene rings is 2. The lowest BCUT2D eigenvalue weighted by atomic mass is 9.76. The quantitative estimate of drug-likeness (QED) is 0.203. The number of rotatable bonds is 7. The van der Waals surface area contributed by atoms with Gasteiger partial charge in [-0.1, -0.05) is 73.3 Å². The first-order valence-corrected chi connectivity index (χ1v) is 16.1. The second-order valence-electron chi connectivity index (χ2n) is 14.5. The summed E-state index contributed by atoms with van der Waals surface area (Å²) >= 11 is 7.35. The van der Waals surface area contributed by atoms with Crippen LogP contribution in [0.1, 0.15) is 79.8 Å². The van der Waals surface area contributed by atoms with Gasteiger partial charge in [-0.25, -0.2) is 0 Å². The zero-order valence-corrected chi connectivity index (χ0v) is 28.2. The maximum atomic E-state index is 7.35. The third-order valence-electron chi connectivity index (χ3n) is 10.6. The molecule has 0 saturated carbocycles. The van der Waals surface area contributed by atoms with Gasteiger partial charge in [0.05, 0.1) is 38.6 Å². The molecule has 2 fully saturated rings. The summed E-state index contributed by atoms with van der Waals surface area (Å²) in [4.78, 5) is 0. The van der Waals surface area contributed by atoms with E-state index in [0.29, 0.717) is 0 Å². The Morgan fingerprint density at radius 2 is 1.41 bits per heavy atom. The van der Waals surface area contributed by atoms with E-state index in [1.807, 2.05) is 18.2 Å². The Morgan fingerprint density at radius 1 is 0.864 bits per heavy atom. The molecular weight excluding hydrogens is 567 g/mol. The van der Waals surface area contributed by atoms with Crippen LogP contribution >= 0.6 is 11.6 Å². The van der Waals surface area contributed by atoms with Crippen LogP contribution in [0.25, 0.3) is 22.2 Å². The van der Waals surface area contributed by atoms with Gasteiger partial charge in [-0.2, -0.15) is 0 Å². The first-order valence-electron chi connectivity index (χ1n) is 15.7. The highest BCUT2D eigenvalue weighted by Gasteiger charge is 2.53. The molecule has 8 heteroatoms. The van der Waals surface area contributed by atoms with Crippen LogP contribution in [0.15, 0.2) is 73.4 Å². The summed E-state index contributed by atoms with van der Waals surface area (Å²) in [5.74, 6) is 0. The highest BCUT2D eigenvalue weighted by atomic mass is 35.5. The Hall–Kier alpha value is -2.54. The smallest absolute Gasteiger partial charge is 0.399 e. The van der Waals surface area contributed by atoms with Crippen LogP contribution in [0.5, 0.6) is 0 Å². The number of hydrogen-bond donors (Lipinski definition) is 0. The summed E-state index contributed by atoms with van der Waals surface area (Å²) < 4.78 is 28.1. The van der Waals surface area contributed by atoms with Gasteiger partial charge in [0, 0.05) is 17.0 Å². The minimum Gasteiger partial charge on any atom is -0.399 e. The predicted molar refractivity (Wildman–Crippen MR) is 184 cm³/mol. The summed E-state index contributed by atoms with van der Waals surface area (Å²) in [6, 6.07) is 13.2. The van der Waals surface area contributed by atoms with Gasteiger partial charge in [0.2, 0.25) is 0 Å². The molecule has 4 heterocycles. The molecule has 2 aromatic carbocycles. The van der Waals surface area contributed by atoms with E-state index in [1.54, 1.807) is 0 Å². The van der Waals surface area contributed by atoms with Crippen molar-refractivity contribution in [3.63, 3.8) is 0 Å². The summed E-state index contributed by atoms with van der Waals surface area (Å²) in [7, 11) is -0.875. The fraction of sp³-hybridized carbons (Fsp3) is 0.444. The monoisotopic (exact) mass is 611 g/mol. The van der Waals surface area contributed by atoms with E-state index in [0.717, 1.165) is 57.4 Å². The van der Waals surface area contributed by atoms with Gasteiger partial charge in [-0.05, 0) is 103 Å². The largest absolute Gasteiger partial charge is 0.494 e. The molecule has 2 saturated heterocycles. The van der Waals surface area contributed by atoms with Crippen LogP contribution in [0.3, 0.4) is 0 Å². The highest BCUT2D eigenvalue weighted by molar-refractivity contribution is 6.63. The van der Waals surface area contributed by atoms with Crippen molar-refractivity contribution < 1.29 is 18.6 Å². The molecule has 5 nitrogen and oxygen atoms in total. The van der Waals surface area contributed by atoms with E-state index in [-0.39, 0.29) is 6.04 Å². The van der Waals surface area contributed by atoms with E-state index in [4.69, 9.17) is 30.2 Å². The first-order chi connectivity index (χ1) is 20.6. The fourth-order valence-electron chi connectivity index (χ4n) is 6.50. The van der Waals surface area contributed by atoms with Crippen molar-refractivity contribution in [2.75, 3.05) is 0 Å². The van der Waals surface area contributed by atoms with Gasteiger partial charge in [0.25, 0.3) is 0 Å². The lowest BCUT2D eigenvalue weighted by Crippen LogP contribution is -2.41. The second kappa shape index (κ2) is 10.8. The number of allylic oxidation sites excluding steroid dienone is 4. The van der Waals surface area contributed by atoms with Crippen molar-refractivity contribution >= 4 is 47.7 Å². The number of nitrogens with zero attached hydrogens (tertiary/aromatic N) is 1. The molecular formula is C36H44B2ClNO4. The Kier molecular flexibility index (Phi) is 7.70. The van der Waals surface area contributed by atoms with Crippen molar-refractivity contribution in [1.29, 1.82) is 0 Å². The highest BCUT2D eigenvalue weighted by Crippen LogP contribution is 2.47.